The van der Waals surface area contributed by atoms with Gasteiger partial charge in [-0.15, -0.1) is 0 Å². The van der Waals surface area contributed by atoms with Crippen LogP contribution in [0.5, 0.6) is 5.75 Å². The van der Waals surface area contributed by atoms with E-state index >= 15 is 0 Å². The first-order chi connectivity index (χ1) is 8.96. The quantitative estimate of drug-likeness (QED) is 0.849. The number of Topliss-reactive ketones (excluding diaryl/α,β-unsaturated/α-hetero) is 1. The molecule has 1 unspecified atom stereocenters. The van der Waals surface area contributed by atoms with E-state index in [1.165, 1.54) is 6.42 Å². The molecule has 0 aliphatic carbocycles. The van der Waals surface area contributed by atoms with Gasteiger partial charge in [0.15, 0.2) is 5.78 Å². The normalized spacial score (nSPS) is 20.1. The SMILES string of the molecule is CC(C)(C)Oc1ccc(C(=O)C2CCCCN2)cc1. The Morgan fingerprint density at radius 1 is 1.21 bits per heavy atom. The Labute approximate surface area is 115 Å². The lowest BCUT2D eigenvalue weighted by Gasteiger charge is -2.23. The molecular formula is C16H23NO2. The van der Waals surface area contributed by atoms with E-state index in [0.717, 1.165) is 30.7 Å². The highest BCUT2D eigenvalue weighted by Crippen LogP contribution is 2.20. The van der Waals surface area contributed by atoms with E-state index in [4.69, 9.17) is 4.74 Å². The van der Waals surface area contributed by atoms with Crippen LogP contribution in [0.4, 0.5) is 0 Å². The van der Waals surface area contributed by atoms with E-state index in [9.17, 15) is 4.79 Å². The highest BCUT2D eigenvalue weighted by molar-refractivity contribution is 6.00. The number of hydrogen-bond acceptors (Lipinski definition) is 3. The molecule has 1 atom stereocenters. The second-order valence-electron chi connectivity index (χ2n) is 6.11. The summed E-state index contributed by atoms with van der Waals surface area (Å²) in [5, 5.41) is 3.29. The Morgan fingerprint density at radius 3 is 2.42 bits per heavy atom. The van der Waals surface area contributed by atoms with Crippen LogP contribution in [0.15, 0.2) is 24.3 Å². The largest absolute Gasteiger partial charge is 0.488 e. The van der Waals surface area contributed by atoms with E-state index in [0.29, 0.717) is 0 Å². The van der Waals surface area contributed by atoms with Gasteiger partial charge in [0.25, 0.3) is 0 Å². The van der Waals surface area contributed by atoms with Crippen LogP contribution in [-0.4, -0.2) is 24.0 Å². The summed E-state index contributed by atoms with van der Waals surface area (Å²) in [6.45, 7) is 6.98. The van der Waals surface area contributed by atoms with Crippen molar-refractivity contribution in [1.29, 1.82) is 0 Å². The second-order valence-corrected chi connectivity index (χ2v) is 6.11. The Morgan fingerprint density at radius 2 is 1.89 bits per heavy atom. The second kappa shape index (κ2) is 5.74. The van der Waals surface area contributed by atoms with Gasteiger partial charge in [0.1, 0.15) is 11.4 Å². The van der Waals surface area contributed by atoms with Crippen LogP contribution in [0.25, 0.3) is 0 Å². The summed E-state index contributed by atoms with van der Waals surface area (Å²) in [6, 6.07) is 7.46. The Bertz CT molecular complexity index is 425. The van der Waals surface area contributed by atoms with E-state index in [2.05, 4.69) is 5.32 Å². The number of rotatable bonds is 3. The summed E-state index contributed by atoms with van der Waals surface area (Å²) in [6.07, 6.45) is 3.25. The number of ether oxygens (including phenoxy) is 1. The fourth-order valence-electron chi connectivity index (χ4n) is 2.32. The van der Waals surface area contributed by atoms with Crippen molar-refractivity contribution in [2.45, 2.75) is 51.7 Å². The number of carbonyl (C=O) groups is 1. The maximum Gasteiger partial charge on any atom is 0.179 e. The zero-order valence-electron chi connectivity index (χ0n) is 12.0. The number of nitrogens with one attached hydrogen (secondary N) is 1. The van der Waals surface area contributed by atoms with E-state index < -0.39 is 0 Å². The monoisotopic (exact) mass is 261 g/mol. The summed E-state index contributed by atoms with van der Waals surface area (Å²) in [7, 11) is 0. The third-order valence-corrected chi connectivity index (χ3v) is 3.19. The molecule has 1 heterocycles. The van der Waals surface area contributed by atoms with Crippen molar-refractivity contribution in [1.82, 2.24) is 5.32 Å². The summed E-state index contributed by atoms with van der Waals surface area (Å²) < 4.78 is 5.75. The number of hydrogen-bond donors (Lipinski definition) is 1. The Balaban J connectivity index is 2.03. The maximum absolute atomic E-state index is 12.3. The van der Waals surface area contributed by atoms with Gasteiger partial charge in [0.05, 0.1) is 6.04 Å². The first-order valence-corrected chi connectivity index (χ1v) is 7.02. The van der Waals surface area contributed by atoms with Gasteiger partial charge in [0.2, 0.25) is 0 Å². The standard InChI is InChI=1S/C16H23NO2/c1-16(2,3)19-13-9-7-12(8-10-13)15(18)14-6-4-5-11-17-14/h7-10,14,17H,4-6,11H2,1-3H3. The molecule has 3 heteroatoms. The fourth-order valence-corrected chi connectivity index (χ4v) is 2.32. The van der Waals surface area contributed by atoms with E-state index in [1.54, 1.807) is 0 Å². The third-order valence-electron chi connectivity index (χ3n) is 3.19. The molecule has 1 aliphatic heterocycles. The van der Waals surface area contributed by atoms with Gasteiger partial charge < -0.3 is 10.1 Å². The third kappa shape index (κ3) is 4.06. The highest BCUT2D eigenvalue weighted by atomic mass is 16.5. The van der Waals surface area contributed by atoms with Gasteiger partial charge in [-0.1, -0.05) is 6.42 Å². The van der Waals surface area contributed by atoms with Crippen LogP contribution in [0.2, 0.25) is 0 Å². The van der Waals surface area contributed by atoms with Crippen molar-refractivity contribution in [3.8, 4) is 5.75 Å². The van der Waals surface area contributed by atoms with Crippen LogP contribution in [-0.2, 0) is 0 Å². The first kappa shape index (κ1) is 14.1. The van der Waals surface area contributed by atoms with E-state index in [1.807, 2.05) is 45.0 Å². The lowest BCUT2D eigenvalue weighted by Crippen LogP contribution is -2.40. The van der Waals surface area contributed by atoms with E-state index in [-0.39, 0.29) is 17.4 Å². The van der Waals surface area contributed by atoms with Gasteiger partial charge in [-0.05, 0) is 64.4 Å². The minimum Gasteiger partial charge on any atom is -0.488 e. The minimum absolute atomic E-state index is 0.0110. The van der Waals surface area contributed by atoms with Gasteiger partial charge >= 0.3 is 0 Å². The Hall–Kier alpha value is -1.35. The number of piperidine rings is 1. The average Bonchev–Trinajstić information content (AvgIpc) is 2.38. The summed E-state index contributed by atoms with van der Waals surface area (Å²) in [5.41, 5.74) is 0.553. The molecular weight excluding hydrogens is 238 g/mol. The maximum atomic E-state index is 12.3. The van der Waals surface area contributed by atoms with Gasteiger partial charge in [0, 0.05) is 5.56 Å². The van der Waals surface area contributed by atoms with Crippen LogP contribution in [0.1, 0.15) is 50.4 Å². The number of benzene rings is 1. The average molecular weight is 261 g/mol. The molecule has 0 saturated carbocycles. The molecule has 0 bridgehead atoms. The van der Waals surface area contributed by atoms with Crippen molar-refractivity contribution in [3.63, 3.8) is 0 Å². The molecule has 1 N–H and O–H groups in total. The predicted molar refractivity (Wildman–Crippen MR) is 76.8 cm³/mol. The lowest BCUT2D eigenvalue weighted by atomic mass is 9.96. The minimum atomic E-state index is -0.212. The highest BCUT2D eigenvalue weighted by Gasteiger charge is 2.21. The molecule has 1 aliphatic rings. The van der Waals surface area contributed by atoms with Crippen LogP contribution >= 0.6 is 0 Å². The van der Waals surface area contributed by atoms with Crippen molar-refractivity contribution >= 4 is 5.78 Å². The Kier molecular flexibility index (Phi) is 4.25. The van der Waals surface area contributed by atoms with Crippen molar-refractivity contribution < 1.29 is 9.53 Å². The molecule has 0 radical (unpaired) electrons. The van der Waals surface area contributed by atoms with Gasteiger partial charge in [-0.2, -0.15) is 0 Å². The molecule has 1 fully saturated rings. The predicted octanol–water partition coefficient (Wildman–Crippen LogP) is 3.19. The molecule has 1 aromatic rings. The first-order valence-electron chi connectivity index (χ1n) is 7.02. The summed E-state index contributed by atoms with van der Waals surface area (Å²) >= 11 is 0. The molecule has 104 valence electrons. The molecule has 1 saturated heterocycles. The smallest absolute Gasteiger partial charge is 0.179 e. The van der Waals surface area contributed by atoms with Crippen LogP contribution in [0, 0.1) is 0 Å². The molecule has 0 spiro atoms. The molecule has 0 aromatic heterocycles. The van der Waals surface area contributed by atoms with Crippen molar-refractivity contribution in [3.05, 3.63) is 29.8 Å². The molecule has 19 heavy (non-hydrogen) atoms. The van der Waals surface area contributed by atoms with Crippen LogP contribution < -0.4 is 10.1 Å². The molecule has 1 aromatic carbocycles. The summed E-state index contributed by atoms with van der Waals surface area (Å²) in [4.78, 5) is 12.3. The van der Waals surface area contributed by atoms with Gasteiger partial charge in [-0.3, -0.25) is 4.79 Å². The zero-order valence-corrected chi connectivity index (χ0v) is 12.0. The van der Waals surface area contributed by atoms with Crippen molar-refractivity contribution in [2.24, 2.45) is 0 Å². The van der Waals surface area contributed by atoms with Crippen molar-refractivity contribution in [2.75, 3.05) is 6.54 Å². The van der Waals surface area contributed by atoms with Gasteiger partial charge in [-0.25, -0.2) is 0 Å². The molecule has 3 nitrogen and oxygen atoms in total. The lowest BCUT2D eigenvalue weighted by molar-refractivity contribution is 0.0927. The number of carbonyl (C=O) groups excluding carboxylic acids is 1. The molecule has 2 rings (SSSR count). The molecule has 0 amide bonds. The van der Waals surface area contributed by atoms with Crippen LogP contribution in [0.3, 0.4) is 0 Å². The fraction of sp³-hybridized carbons (Fsp3) is 0.562. The zero-order chi connectivity index (χ0) is 13.9. The number of ketones is 1. The topological polar surface area (TPSA) is 38.3 Å². The summed E-state index contributed by atoms with van der Waals surface area (Å²) in [5.74, 6) is 1.00.